The number of carbonyl (C=O) groups is 1. The fraction of sp³-hybridized carbons (Fsp3) is 0.524. The second kappa shape index (κ2) is 9.03. The lowest BCUT2D eigenvalue weighted by molar-refractivity contribution is -0.134. The highest BCUT2D eigenvalue weighted by Gasteiger charge is 2.35. The standard InChI is InChI=1S/C21H29N3O3S/c1-21(2,3)15-23(9-6-10-25)14-20(26)24-17(19-8-5-12-28-19)13-16(22-24)18-7-4-11-27-18/h4-5,7-8,11-12,17,25H,6,9-10,13-15H2,1-3H3. The summed E-state index contributed by atoms with van der Waals surface area (Å²) in [6.45, 7) is 8.34. The summed E-state index contributed by atoms with van der Waals surface area (Å²) in [5.74, 6) is 0.686. The molecule has 2 aromatic heterocycles. The molecule has 1 unspecified atom stereocenters. The second-order valence-corrected chi connectivity index (χ2v) is 9.33. The number of aliphatic hydroxyl groups excluding tert-OH is 1. The number of carbonyl (C=O) groups excluding carboxylic acids is 1. The number of aliphatic hydroxyl groups is 1. The van der Waals surface area contributed by atoms with Gasteiger partial charge in [0, 0.05) is 31.0 Å². The van der Waals surface area contributed by atoms with Crippen molar-refractivity contribution in [2.75, 3.05) is 26.2 Å². The molecular formula is C21H29N3O3S. The summed E-state index contributed by atoms with van der Waals surface area (Å²) < 4.78 is 5.51. The maximum atomic E-state index is 13.2. The second-order valence-electron chi connectivity index (χ2n) is 8.35. The van der Waals surface area contributed by atoms with Crippen LogP contribution in [0.15, 0.2) is 45.4 Å². The lowest BCUT2D eigenvalue weighted by Gasteiger charge is -2.31. The molecule has 3 rings (SSSR count). The van der Waals surface area contributed by atoms with Crippen LogP contribution in [0.2, 0.25) is 0 Å². The Morgan fingerprint density at radius 1 is 1.39 bits per heavy atom. The molecule has 0 saturated carbocycles. The maximum absolute atomic E-state index is 13.2. The van der Waals surface area contributed by atoms with Gasteiger partial charge in [-0.3, -0.25) is 9.69 Å². The van der Waals surface area contributed by atoms with Crippen LogP contribution in [0.1, 0.15) is 50.3 Å². The van der Waals surface area contributed by atoms with E-state index in [9.17, 15) is 9.90 Å². The zero-order valence-corrected chi connectivity index (χ0v) is 17.6. The third-order valence-corrected chi connectivity index (χ3v) is 5.51. The van der Waals surface area contributed by atoms with Crippen molar-refractivity contribution in [3.05, 3.63) is 46.5 Å². The van der Waals surface area contributed by atoms with E-state index < -0.39 is 0 Å². The van der Waals surface area contributed by atoms with Crippen molar-refractivity contribution in [3.8, 4) is 0 Å². The van der Waals surface area contributed by atoms with Gasteiger partial charge < -0.3 is 9.52 Å². The number of hydrogen-bond donors (Lipinski definition) is 1. The maximum Gasteiger partial charge on any atom is 0.257 e. The van der Waals surface area contributed by atoms with E-state index in [-0.39, 0.29) is 30.5 Å². The Balaban J connectivity index is 1.79. The third-order valence-electron chi connectivity index (χ3n) is 4.53. The molecule has 0 aromatic carbocycles. The van der Waals surface area contributed by atoms with Crippen LogP contribution in [0.4, 0.5) is 0 Å². The Bertz CT molecular complexity index is 778. The summed E-state index contributed by atoms with van der Waals surface area (Å²) in [6, 6.07) is 7.67. The van der Waals surface area contributed by atoms with E-state index in [0.29, 0.717) is 25.1 Å². The minimum atomic E-state index is -0.0954. The molecule has 0 fully saturated rings. The van der Waals surface area contributed by atoms with Crippen molar-refractivity contribution < 1.29 is 14.3 Å². The Kier molecular flexibility index (Phi) is 6.69. The summed E-state index contributed by atoms with van der Waals surface area (Å²) in [4.78, 5) is 16.5. The van der Waals surface area contributed by atoms with E-state index in [0.717, 1.165) is 17.1 Å². The molecule has 152 valence electrons. The average Bonchev–Trinajstić information content (AvgIpc) is 3.38. The van der Waals surface area contributed by atoms with Gasteiger partial charge in [0.05, 0.1) is 18.8 Å². The monoisotopic (exact) mass is 403 g/mol. The van der Waals surface area contributed by atoms with Crippen LogP contribution in [0.3, 0.4) is 0 Å². The normalized spacial score (nSPS) is 17.4. The van der Waals surface area contributed by atoms with Gasteiger partial charge in [-0.25, -0.2) is 5.01 Å². The number of hydrogen-bond acceptors (Lipinski definition) is 6. The van der Waals surface area contributed by atoms with E-state index >= 15 is 0 Å². The molecule has 1 atom stereocenters. The van der Waals surface area contributed by atoms with Gasteiger partial charge in [0.1, 0.15) is 11.5 Å². The van der Waals surface area contributed by atoms with Gasteiger partial charge in [-0.1, -0.05) is 26.8 Å². The van der Waals surface area contributed by atoms with Gasteiger partial charge in [-0.2, -0.15) is 5.10 Å². The first kappa shape index (κ1) is 20.8. The minimum absolute atomic E-state index is 0.0258. The molecule has 3 heterocycles. The van der Waals surface area contributed by atoms with Gasteiger partial charge >= 0.3 is 0 Å². The van der Waals surface area contributed by atoms with Gasteiger partial charge in [0.15, 0.2) is 0 Å². The number of rotatable bonds is 8. The Hall–Kier alpha value is -1.96. The van der Waals surface area contributed by atoms with Crippen LogP contribution in [-0.2, 0) is 4.79 Å². The zero-order valence-electron chi connectivity index (χ0n) is 16.8. The van der Waals surface area contributed by atoms with Gasteiger partial charge in [-0.05, 0) is 35.4 Å². The van der Waals surface area contributed by atoms with Crippen LogP contribution in [-0.4, -0.2) is 52.9 Å². The largest absolute Gasteiger partial charge is 0.463 e. The van der Waals surface area contributed by atoms with Crippen molar-refractivity contribution in [1.82, 2.24) is 9.91 Å². The van der Waals surface area contributed by atoms with Crippen molar-refractivity contribution in [2.45, 2.75) is 39.7 Å². The molecule has 7 heteroatoms. The molecule has 2 aromatic rings. The third kappa shape index (κ3) is 5.31. The first-order valence-electron chi connectivity index (χ1n) is 9.67. The molecule has 1 amide bonds. The predicted molar refractivity (Wildman–Crippen MR) is 111 cm³/mol. The molecule has 1 aliphatic heterocycles. The van der Waals surface area contributed by atoms with Crippen LogP contribution >= 0.6 is 11.3 Å². The molecular weight excluding hydrogens is 374 g/mol. The molecule has 28 heavy (non-hydrogen) atoms. The van der Waals surface area contributed by atoms with E-state index in [1.807, 2.05) is 23.6 Å². The Morgan fingerprint density at radius 3 is 2.82 bits per heavy atom. The van der Waals surface area contributed by atoms with Crippen LogP contribution in [0, 0.1) is 5.41 Å². The summed E-state index contributed by atoms with van der Waals surface area (Å²) in [5.41, 5.74) is 0.866. The molecule has 0 spiro atoms. The first-order chi connectivity index (χ1) is 13.4. The SMILES string of the molecule is CC(C)(C)CN(CCCO)CC(=O)N1N=C(c2ccco2)CC1c1cccs1. The fourth-order valence-electron chi connectivity index (χ4n) is 3.48. The molecule has 1 aliphatic rings. The summed E-state index contributed by atoms with van der Waals surface area (Å²) >= 11 is 1.64. The predicted octanol–water partition coefficient (Wildman–Crippen LogP) is 3.75. The Morgan fingerprint density at radius 2 is 2.21 bits per heavy atom. The quantitative estimate of drug-likeness (QED) is 0.729. The van der Waals surface area contributed by atoms with E-state index in [2.05, 4.69) is 36.8 Å². The lowest BCUT2D eigenvalue weighted by Crippen LogP contribution is -2.42. The molecule has 0 radical (unpaired) electrons. The topological polar surface area (TPSA) is 69.3 Å². The summed E-state index contributed by atoms with van der Waals surface area (Å²) in [7, 11) is 0. The molecule has 0 bridgehead atoms. The Labute approximate surface area is 170 Å². The van der Waals surface area contributed by atoms with Gasteiger partial charge in [0.2, 0.25) is 0 Å². The summed E-state index contributed by atoms with van der Waals surface area (Å²) in [5, 5.41) is 17.5. The molecule has 6 nitrogen and oxygen atoms in total. The minimum Gasteiger partial charge on any atom is -0.463 e. The van der Waals surface area contributed by atoms with Gasteiger partial charge in [-0.15, -0.1) is 11.3 Å². The van der Waals surface area contributed by atoms with E-state index in [1.165, 1.54) is 0 Å². The van der Waals surface area contributed by atoms with E-state index in [4.69, 9.17) is 4.42 Å². The highest BCUT2D eigenvalue weighted by Crippen LogP contribution is 2.35. The van der Waals surface area contributed by atoms with Crippen LogP contribution in [0.5, 0.6) is 0 Å². The number of nitrogens with zero attached hydrogens (tertiary/aromatic N) is 3. The van der Waals surface area contributed by atoms with Crippen LogP contribution in [0.25, 0.3) is 0 Å². The van der Waals surface area contributed by atoms with Crippen molar-refractivity contribution >= 4 is 23.0 Å². The number of thiophene rings is 1. The van der Waals surface area contributed by atoms with Crippen molar-refractivity contribution in [1.29, 1.82) is 0 Å². The fourth-order valence-corrected chi connectivity index (χ4v) is 4.29. The highest BCUT2D eigenvalue weighted by atomic mass is 32.1. The van der Waals surface area contributed by atoms with Crippen molar-refractivity contribution in [2.24, 2.45) is 10.5 Å². The zero-order chi connectivity index (χ0) is 20.1. The average molecular weight is 404 g/mol. The smallest absolute Gasteiger partial charge is 0.257 e. The van der Waals surface area contributed by atoms with E-state index in [1.54, 1.807) is 22.6 Å². The molecule has 1 N–H and O–H groups in total. The summed E-state index contributed by atoms with van der Waals surface area (Å²) in [6.07, 6.45) is 2.93. The molecule has 0 aliphatic carbocycles. The first-order valence-corrected chi connectivity index (χ1v) is 10.6. The van der Waals surface area contributed by atoms with Crippen molar-refractivity contribution in [3.63, 3.8) is 0 Å². The molecule has 0 saturated heterocycles. The number of hydrazone groups is 1. The lowest BCUT2D eigenvalue weighted by atomic mass is 9.96. The highest BCUT2D eigenvalue weighted by molar-refractivity contribution is 7.10. The number of amides is 1. The van der Waals surface area contributed by atoms with Gasteiger partial charge in [0.25, 0.3) is 5.91 Å². The van der Waals surface area contributed by atoms with Crippen LogP contribution < -0.4 is 0 Å². The number of furan rings is 1.